The van der Waals surface area contributed by atoms with Gasteiger partial charge in [0.15, 0.2) is 5.69 Å². The van der Waals surface area contributed by atoms with Crippen LogP contribution in [0, 0.1) is 17.8 Å². The summed E-state index contributed by atoms with van der Waals surface area (Å²) in [5.74, 6) is -3.13. The highest BCUT2D eigenvalue weighted by Crippen LogP contribution is 2.49. The minimum absolute atomic E-state index is 0.0225. The Morgan fingerprint density at radius 2 is 2.21 bits per heavy atom. The smallest absolute Gasteiger partial charge is 0.355 e. The van der Waals surface area contributed by atoms with Crippen LogP contribution in [-0.4, -0.2) is 28.1 Å². The number of carboxylic acids is 1. The van der Waals surface area contributed by atoms with E-state index in [1.165, 1.54) is 16.7 Å². The van der Waals surface area contributed by atoms with Gasteiger partial charge in [0, 0.05) is 11.8 Å². The lowest BCUT2D eigenvalue weighted by atomic mass is 9.84. The normalized spacial score (nSPS) is 30.6. The summed E-state index contributed by atoms with van der Waals surface area (Å²) in [7, 11) is 0. The number of hydrogen-bond acceptors (Lipinski definition) is 4. The third-order valence-corrected chi connectivity index (χ3v) is 6.96. The molecule has 1 aliphatic carbocycles. The maximum Gasteiger partial charge on any atom is 0.355 e. The standard InChI is InChI=1S/C21H29F2NO3S/c1-3-4-5-9-21(22,23)10-8-14-13(2)11-18-15(14)6-7-17(27-18)19-24-16(12-28-19)20(25)26/h8,10,12-15,17-18H,3-7,9,11H2,1-2H3,(H,25,26)/b10-8+/t13-,14+,15-,17-,18+/m1/s1. The minimum Gasteiger partial charge on any atom is -0.476 e. The molecule has 0 unspecified atom stereocenters. The summed E-state index contributed by atoms with van der Waals surface area (Å²) in [6, 6.07) is 0. The fourth-order valence-electron chi connectivity index (χ4n) is 4.52. The van der Waals surface area contributed by atoms with Gasteiger partial charge < -0.3 is 9.84 Å². The van der Waals surface area contributed by atoms with Crippen LogP contribution < -0.4 is 0 Å². The van der Waals surface area contributed by atoms with Gasteiger partial charge in [-0.25, -0.2) is 18.6 Å². The van der Waals surface area contributed by atoms with E-state index in [0.717, 1.165) is 38.2 Å². The summed E-state index contributed by atoms with van der Waals surface area (Å²) < 4.78 is 34.5. The number of rotatable bonds is 8. The van der Waals surface area contributed by atoms with Gasteiger partial charge in [0.05, 0.1) is 6.10 Å². The van der Waals surface area contributed by atoms with Crippen LogP contribution in [0.25, 0.3) is 0 Å². The number of hydrogen-bond donors (Lipinski definition) is 1. The Labute approximate surface area is 169 Å². The van der Waals surface area contributed by atoms with E-state index in [0.29, 0.717) is 17.3 Å². The highest BCUT2D eigenvalue weighted by molar-refractivity contribution is 7.09. The number of aromatic carboxylic acids is 1. The summed E-state index contributed by atoms with van der Waals surface area (Å²) in [6.07, 6.45) is 7.41. The molecule has 3 rings (SSSR count). The van der Waals surface area contributed by atoms with E-state index in [1.807, 2.05) is 6.92 Å². The maximum atomic E-state index is 14.1. The Hall–Kier alpha value is -1.34. The molecule has 7 heteroatoms. The Morgan fingerprint density at radius 3 is 2.89 bits per heavy atom. The van der Waals surface area contributed by atoms with Crippen molar-refractivity contribution in [3.05, 3.63) is 28.2 Å². The molecule has 5 atom stereocenters. The van der Waals surface area contributed by atoms with Crippen molar-refractivity contribution in [2.24, 2.45) is 17.8 Å². The number of thiazole rings is 1. The average molecular weight is 414 g/mol. The van der Waals surface area contributed by atoms with Crippen LogP contribution in [0.2, 0.25) is 0 Å². The van der Waals surface area contributed by atoms with Crippen LogP contribution in [-0.2, 0) is 4.74 Å². The summed E-state index contributed by atoms with van der Waals surface area (Å²) in [5, 5.41) is 11.3. The van der Waals surface area contributed by atoms with Crippen LogP contribution in [0.15, 0.2) is 17.5 Å². The Kier molecular flexibility index (Phi) is 6.86. The van der Waals surface area contributed by atoms with Gasteiger partial charge in [-0.05, 0) is 49.5 Å². The predicted molar refractivity (Wildman–Crippen MR) is 105 cm³/mol. The molecule has 2 fully saturated rings. The molecule has 1 N–H and O–H groups in total. The van der Waals surface area contributed by atoms with Crippen LogP contribution in [0.4, 0.5) is 8.78 Å². The molecule has 2 aliphatic rings. The molecule has 0 amide bonds. The largest absolute Gasteiger partial charge is 0.476 e. The fourth-order valence-corrected chi connectivity index (χ4v) is 5.38. The highest BCUT2D eigenvalue weighted by atomic mass is 32.1. The number of alkyl halides is 2. The summed E-state index contributed by atoms with van der Waals surface area (Å²) in [4.78, 5) is 15.2. The quantitative estimate of drug-likeness (QED) is 0.413. The molecule has 1 saturated heterocycles. The van der Waals surface area contributed by atoms with Crippen LogP contribution >= 0.6 is 11.3 Å². The van der Waals surface area contributed by atoms with Crippen molar-refractivity contribution >= 4 is 17.3 Å². The summed E-state index contributed by atoms with van der Waals surface area (Å²) >= 11 is 1.31. The zero-order valence-electron chi connectivity index (χ0n) is 16.4. The van der Waals surface area contributed by atoms with E-state index < -0.39 is 11.9 Å². The van der Waals surface area contributed by atoms with Crippen molar-refractivity contribution < 1.29 is 23.4 Å². The molecule has 1 aliphatic heterocycles. The maximum absolute atomic E-state index is 14.1. The monoisotopic (exact) mass is 413 g/mol. The SMILES string of the molecule is CCCCCC(F)(F)/C=C/[C@@H]1[C@H]2CC[C@H](c3nc(C(=O)O)cs3)O[C@H]2C[C@H]1C. The van der Waals surface area contributed by atoms with Gasteiger partial charge in [-0.2, -0.15) is 0 Å². The second kappa shape index (κ2) is 8.99. The zero-order valence-corrected chi connectivity index (χ0v) is 17.3. The Morgan fingerprint density at radius 1 is 1.43 bits per heavy atom. The number of carboxylic acid groups (broad SMARTS) is 1. The minimum atomic E-state index is -2.74. The predicted octanol–water partition coefficient (Wildman–Crippen LogP) is 6.11. The van der Waals surface area contributed by atoms with E-state index in [1.54, 1.807) is 6.08 Å². The summed E-state index contributed by atoms with van der Waals surface area (Å²) in [5.41, 5.74) is 0.0524. The molecular weight excluding hydrogens is 384 g/mol. The van der Waals surface area contributed by atoms with Crippen molar-refractivity contribution in [1.82, 2.24) is 4.98 Å². The first kappa shape index (κ1) is 21.4. The van der Waals surface area contributed by atoms with E-state index in [9.17, 15) is 13.6 Å². The highest BCUT2D eigenvalue weighted by Gasteiger charge is 2.45. The van der Waals surface area contributed by atoms with Gasteiger partial charge in [-0.15, -0.1) is 11.3 Å². The number of carbonyl (C=O) groups is 1. The van der Waals surface area contributed by atoms with Crippen molar-refractivity contribution in [2.75, 3.05) is 0 Å². The van der Waals surface area contributed by atoms with Crippen molar-refractivity contribution in [1.29, 1.82) is 0 Å². The Bertz CT molecular complexity index is 706. The molecule has 1 saturated carbocycles. The number of aromatic nitrogens is 1. The first-order chi connectivity index (χ1) is 13.3. The number of allylic oxidation sites excluding steroid dienone is 2. The molecule has 1 aromatic rings. The number of unbranched alkanes of at least 4 members (excludes halogenated alkanes) is 2. The van der Waals surface area contributed by atoms with Gasteiger partial charge >= 0.3 is 5.97 Å². The van der Waals surface area contributed by atoms with E-state index in [4.69, 9.17) is 9.84 Å². The van der Waals surface area contributed by atoms with Gasteiger partial charge in [0.2, 0.25) is 0 Å². The lowest BCUT2D eigenvalue weighted by Crippen LogP contribution is -2.30. The first-order valence-electron chi connectivity index (χ1n) is 10.2. The molecule has 2 heterocycles. The molecule has 0 bridgehead atoms. The molecular formula is C21H29F2NO3S. The van der Waals surface area contributed by atoms with Crippen molar-refractivity contribution in [2.45, 2.75) is 76.9 Å². The lowest BCUT2D eigenvalue weighted by molar-refractivity contribution is -0.0765. The molecule has 28 heavy (non-hydrogen) atoms. The lowest BCUT2D eigenvalue weighted by Gasteiger charge is -2.33. The molecule has 0 aromatic carbocycles. The van der Waals surface area contributed by atoms with Crippen LogP contribution in [0.5, 0.6) is 0 Å². The van der Waals surface area contributed by atoms with Crippen LogP contribution in [0.3, 0.4) is 0 Å². The molecule has 156 valence electrons. The van der Waals surface area contributed by atoms with E-state index >= 15 is 0 Å². The second-order valence-electron chi connectivity index (χ2n) is 8.15. The molecule has 0 spiro atoms. The third-order valence-electron chi connectivity index (χ3n) is 6.03. The second-order valence-corrected chi connectivity index (χ2v) is 9.04. The topological polar surface area (TPSA) is 59.4 Å². The number of ether oxygens (including phenoxy) is 1. The van der Waals surface area contributed by atoms with Crippen LogP contribution in [0.1, 0.15) is 80.4 Å². The summed E-state index contributed by atoms with van der Waals surface area (Å²) in [6.45, 7) is 4.12. The average Bonchev–Trinajstić information content (AvgIpc) is 3.24. The van der Waals surface area contributed by atoms with Gasteiger partial charge in [0.1, 0.15) is 11.1 Å². The molecule has 4 nitrogen and oxygen atoms in total. The van der Waals surface area contributed by atoms with Gasteiger partial charge in [-0.1, -0.05) is 32.8 Å². The Balaban J connectivity index is 1.61. The van der Waals surface area contributed by atoms with E-state index in [-0.39, 0.29) is 36.2 Å². The zero-order chi connectivity index (χ0) is 20.3. The number of fused-ring (bicyclic) bond motifs is 1. The third kappa shape index (κ3) is 4.98. The van der Waals surface area contributed by atoms with Gasteiger partial charge in [0.25, 0.3) is 5.92 Å². The van der Waals surface area contributed by atoms with E-state index in [2.05, 4.69) is 11.9 Å². The van der Waals surface area contributed by atoms with Crippen molar-refractivity contribution in [3.8, 4) is 0 Å². The first-order valence-corrected chi connectivity index (χ1v) is 11.1. The molecule has 0 radical (unpaired) electrons. The molecule has 1 aromatic heterocycles. The van der Waals surface area contributed by atoms with Gasteiger partial charge in [-0.3, -0.25) is 0 Å². The fraction of sp³-hybridized carbons (Fsp3) is 0.714. The number of nitrogens with zero attached hydrogens (tertiary/aromatic N) is 1. The number of halogens is 2. The van der Waals surface area contributed by atoms with Crippen molar-refractivity contribution in [3.63, 3.8) is 0 Å².